The Labute approximate surface area is 426 Å². The number of carbonyl (C=O) groups is 1. The second-order valence-corrected chi connectivity index (χ2v) is 21.4. The van der Waals surface area contributed by atoms with Crippen molar-refractivity contribution in [2.75, 3.05) is 25.6 Å². The van der Waals surface area contributed by atoms with Crippen LogP contribution < -0.4 is 14.2 Å². The molecule has 0 N–H and O–H groups in total. The zero-order chi connectivity index (χ0) is 48.6. The Morgan fingerprint density at radius 2 is 0.706 bits per heavy atom. The van der Waals surface area contributed by atoms with Gasteiger partial charge in [0.2, 0.25) is 5.75 Å². The van der Waals surface area contributed by atoms with E-state index < -0.39 is 0 Å². The largest absolute Gasteiger partial charge is 0.490 e. The highest BCUT2D eigenvalue weighted by molar-refractivity contribution is 7.99. The van der Waals surface area contributed by atoms with Gasteiger partial charge in [-0.15, -0.1) is 11.8 Å². The highest BCUT2D eigenvalue weighted by Crippen LogP contribution is 2.40. The molecule has 2 rings (SSSR count). The average molecular weight is 962 g/mol. The minimum absolute atomic E-state index is 0.00339. The van der Waals surface area contributed by atoms with Gasteiger partial charge in [0.25, 0.3) is 0 Å². The second kappa shape index (κ2) is 47.0. The standard InChI is InChI=1S/C63H108O4S/c1-5-9-12-15-18-21-24-27-30-33-36-39-42-51-65-61-55-57(45-50-60(64)58-46-48-59(49-47-58)68-54-8-4)56-62(66-52-43-40-37-34-31-28-25-22-19-16-13-10-6-2)63(61)67-53-44-41-38-35-32-29-26-23-20-17-14-11-7-3/h45-50,55-56H,5-44,51-54H2,1-4H3/b50-45+. The quantitative estimate of drug-likeness (QED) is 0.0286. The average Bonchev–Trinajstić information content (AvgIpc) is 3.35. The van der Waals surface area contributed by atoms with Crippen LogP contribution >= 0.6 is 11.8 Å². The Kier molecular flexibility index (Phi) is 42.6. The summed E-state index contributed by atoms with van der Waals surface area (Å²) in [4.78, 5) is 14.6. The third-order valence-corrected chi connectivity index (χ3v) is 14.8. The van der Waals surface area contributed by atoms with Crippen molar-refractivity contribution in [2.24, 2.45) is 0 Å². The Balaban J connectivity index is 2.04. The van der Waals surface area contributed by atoms with E-state index in [1.54, 1.807) is 6.08 Å². The van der Waals surface area contributed by atoms with E-state index in [0.29, 0.717) is 25.4 Å². The number of unbranched alkanes of at least 4 members (excludes halogenated alkanes) is 36. The van der Waals surface area contributed by atoms with Crippen LogP contribution in [0.15, 0.2) is 47.4 Å². The van der Waals surface area contributed by atoms with Crippen molar-refractivity contribution >= 4 is 23.6 Å². The molecule has 390 valence electrons. The van der Waals surface area contributed by atoms with Gasteiger partial charge in [-0.25, -0.2) is 0 Å². The summed E-state index contributed by atoms with van der Waals surface area (Å²) < 4.78 is 19.9. The molecule has 0 saturated heterocycles. The summed E-state index contributed by atoms with van der Waals surface area (Å²) in [5.41, 5.74) is 1.61. The van der Waals surface area contributed by atoms with Crippen LogP contribution in [0.25, 0.3) is 6.08 Å². The van der Waals surface area contributed by atoms with Crippen LogP contribution in [0.4, 0.5) is 0 Å². The number of hydrogen-bond acceptors (Lipinski definition) is 5. The van der Waals surface area contributed by atoms with Gasteiger partial charge >= 0.3 is 0 Å². The third-order valence-electron chi connectivity index (χ3n) is 13.6. The molecule has 0 saturated carbocycles. The van der Waals surface area contributed by atoms with Gasteiger partial charge in [-0.1, -0.05) is 265 Å². The Morgan fingerprint density at radius 1 is 0.397 bits per heavy atom. The van der Waals surface area contributed by atoms with E-state index in [9.17, 15) is 4.79 Å². The van der Waals surface area contributed by atoms with E-state index in [-0.39, 0.29) is 5.78 Å². The van der Waals surface area contributed by atoms with E-state index >= 15 is 0 Å². The van der Waals surface area contributed by atoms with E-state index in [0.717, 1.165) is 54.2 Å². The van der Waals surface area contributed by atoms with E-state index in [2.05, 4.69) is 52.0 Å². The Bertz CT molecular complexity index is 1380. The van der Waals surface area contributed by atoms with E-state index in [1.165, 1.54) is 236 Å². The van der Waals surface area contributed by atoms with Crippen molar-refractivity contribution in [1.82, 2.24) is 0 Å². The maximum atomic E-state index is 13.4. The molecule has 5 heteroatoms. The molecule has 2 aromatic rings. The number of thioether (sulfide) groups is 1. The van der Waals surface area contributed by atoms with Gasteiger partial charge < -0.3 is 14.2 Å². The number of benzene rings is 2. The van der Waals surface area contributed by atoms with Crippen LogP contribution in [0.1, 0.15) is 300 Å². The summed E-state index contributed by atoms with van der Waals surface area (Å²) in [6.07, 6.45) is 56.5. The van der Waals surface area contributed by atoms with E-state index in [1.807, 2.05) is 30.0 Å². The smallest absolute Gasteiger partial charge is 0.203 e. The summed E-state index contributed by atoms with van der Waals surface area (Å²) in [6, 6.07) is 12.2. The highest BCUT2D eigenvalue weighted by atomic mass is 32.2. The first kappa shape index (κ1) is 61.7. The summed E-state index contributed by atoms with van der Waals surface area (Å²) in [5.74, 6) is 3.30. The zero-order valence-corrected chi connectivity index (χ0v) is 46.1. The SMILES string of the molecule is CCCCCCCCCCCCCCCOc1cc(/C=C/C(=O)c2ccc(SCCC)cc2)cc(OCCCCCCCCCCCCCCC)c1OCCCCCCCCCCCCCCC. The van der Waals surface area contributed by atoms with Crippen LogP contribution in [0, 0.1) is 0 Å². The summed E-state index contributed by atoms with van der Waals surface area (Å²) in [6.45, 7) is 11.0. The number of carbonyl (C=O) groups excluding carboxylic acids is 1. The van der Waals surface area contributed by atoms with Crippen molar-refractivity contribution in [2.45, 2.75) is 289 Å². The summed E-state index contributed by atoms with van der Waals surface area (Å²) >= 11 is 1.84. The predicted molar refractivity (Wildman–Crippen MR) is 301 cm³/mol. The number of rotatable bonds is 51. The number of ketones is 1. The molecule has 0 aliphatic heterocycles. The summed E-state index contributed by atoms with van der Waals surface area (Å²) in [5, 5.41) is 0. The van der Waals surface area contributed by atoms with Gasteiger partial charge in [-0.2, -0.15) is 0 Å². The molecule has 68 heavy (non-hydrogen) atoms. The maximum Gasteiger partial charge on any atom is 0.203 e. The topological polar surface area (TPSA) is 44.8 Å². The fraction of sp³-hybridized carbons (Fsp3) is 0.762. The van der Waals surface area contributed by atoms with E-state index in [4.69, 9.17) is 14.2 Å². The fourth-order valence-electron chi connectivity index (χ4n) is 9.15. The fourth-order valence-corrected chi connectivity index (χ4v) is 9.92. The van der Waals surface area contributed by atoms with Crippen molar-refractivity contribution in [3.8, 4) is 17.2 Å². The first-order valence-electron chi connectivity index (χ1n) is 29.6. The molecule has 0 aliphatic carbocycles. The molecule has 0 atom stereocenters. The molecule has 0 fully saturated rings. The first-order valence-corrected chi connectivity index (χ1v) is 30.6. The van der Waals surface area contributed by atoms with Gasteiger partial charge in [-0.05, 0) is 79.5 Å². The van der Waals surface area contributed by atoms with Gasteiger partial charge in [0, 0.05) is 10.5 Å². The number of ether oxygens (including phenoxy) is 3. The van der Waals surface area contributed by atoms with Crippen molar-refractivity contribution in [3.63, 3.8) is 0 Å². The molecule has 0 aliphatic rings. The lowest BCUT2D eigenvalue weighted by Gasteiger charge is -2.18. The molecule has 0 bridgehead atoms. The number of hydrogen-bond donors (Lipinski definition) is 0. The normalized spacial score (nSPS) is 11.5. The third kappa shape index (κ3) is 34.8. The predicted octanol–water partition coefficient (Wildman–Crippen LogP) is 21.5. The van der Waals surface area contributed by atoms with Crippen LogP contribution in [0.2, 0.25) is 0 Å². The van der Waals surface area contributed by atoms with Crippen LogP contribution in [-0.4, -0.2) is 31.4 Å². The van der Waals surface area contributed by atoms with Gasteiger partial charge in [0.1, 0.15) is 0 Å². The second-order valence-electron chi connectivity index (χ2n) is 20.2. The highest BCUT2D eigenvalue weighted by Gasteiger charge is 2.16. The van der Waals surface area contributed by atoms with Crippen molar-refractivity contribution in [1.29, 1.82) is 0 Å². The molecule has 0 radical (unpaired) electrons. The van der Waals surface area contributed by atoms with Crippen molar-refractivity contribution in [3.05, 3.63) is 53.6 Å². The monoisotopic (exact) mass is 961 g/mol. The van der Waals surface area contributed by atoms with Gasteiger partial charge in [0.05, 0.1) is 19.8 Å². The van der Waals surface area contributed by atoms with Crippen molar-refractivity contribution < 1.29 is 19.0 Å². The van der Waals surface area contributed by atoms with Crippen LogP contribution in [0.3, 0.4) is 0 Å². The molecule has 0 heterocycles. The number of allylic oxidation sites excluding steroid dienone is 1. The summed E-state index contributed by atoms with van der Waals surface area (Å²) in [7, 11) is 0. The Hall–Kier alpha value is -2.40. The molecule has 0 unspecified atom stereocenters. The molecular weight excluding hydrogens is 853 g/mol. The lowest BCUT2D eigenvalue weighted by molar-refractivity contribution is 0.104. The van der Waals surface area contributed by atoms with Crippen LogP contribution in [0.5, 0.6) is 17.2 Å². The molecule has 0 aromatic heterocycles. The molecule has 2 aromatic carbocycles. The molecule has 0 spiro atoms. The molecule has 4 nitrogen and oxygen atoms in total. The maximum absolute atomic E-state index is 13.4. The Morgan fingerprint density at radius 3 is 1.03 bits per heavy atom. The molecular formula is C63H108O4S. The van der Waals surface area contributed by atoms with Crippen LogP contribution in [-0.2, 0) is 0 Å². The minimum Gasteiger partial charge on any atom is -0.490 e. The lowest BCUT2D eigenvalue weighted by atomic mass is 10.0. The van der Waals surface area contributed by atoms with Gasteiger partial charge in [-0.3, -0.25) is 4.79 Å². The first-order chi connectivity index (χ1) is 33.6. The minimum atomic E-state index is 0.00339. The molecule has 0 amide bonds. The lowest BCUT2D eigenvalue weighted by Crippen LogP contribution is -2.07. The zero-order valence-electron chi connectivity index (χ0n) is 45.3. The van der Waals surface area contributed by atoms with Gasteiger partial charge in [0.15, 0.2) is 17.3 Å².